The summed E-state index contributed by atoms with van der Waals surface area (Å²) in [6.07, 6.45) is 7.70. The third-order valence-electron chi connectivity index (χ3n) is 6.75. The van der Waals surface area contributed by atoms with Crippen LogP contribution in [0.1, 0.15) is 78.8 Å². The molecule has 0 unspecified atom stereocenters. The first-order valence-corrected chi connectivity index (χ1v) is 10.6. The average molecular weight is 415 g/mol. The second kappa shape index (κ2) is 7.38. The lowest BCUT2D eigenvalue weighted by atomic mass is 9.75. The molecule has 1 atom stereocenters. The molecule has 3 heterocycles. The van der Waals surface area contributed by atoms with Gasteiger partial charge in [-0.05, 0) is 79.5 Å². The molecule has 1 N–H and O–H groups in total. The topological polar surface area (TPSA) is 50.4 Å². The Bertz CT molecular complexity index is 1030. The fraction of sp³-hybridized carbons (Fsp3) is 0.478. The van der Waals surface area contributed by atoms with Crippen molar-refractivity contribution in [2.75, 3.05) is 0 Å². The molecule has 4 nitrogen and oxygen atoms in total. The van der Waals surface area contributed by atoms with Crippen molar-refractivity contribution in [3.8, 4) is 0 Å². The van der Waals surface area contributed by atoms with Gasteiger partial charge in [0, 0.05) is 18.0 Å². The van der Waals surface area contributed by atoms with Crippen LogP contribution >= 0.6 is 0 Å². The van der Waals surface area contributed by atoms with Crippen molar-refractivity contribution < 1.29 is 18.3 Å². The minimum Gasteiger partial charge on any atom is -0.388 e. The van der Waals surface area contributed by atoms with Crippen molar-refractivity contribution >= 4 is 5.52 Å². The number of aliphatic hydroxyl groups is 1. The highest BCUT2D eigenvalue weighted by Crippen LogP contribution is 2.48. The van der Waals surface area contributed by atoms with Gasteiger partial charge in [0.1, 0.15) is 5.69 Å². The summed E-state index contributed by atoms with van der Waals surface area (Å²) in [5, 5.41) is 11.3. The lowest BCUT2D eigenvalue weighted by Crippen LogP contribution is -2.21. The fourth-order valence-corrected chi connectivity index (χ4v) is 4.92. The van der Waals surface area contributed by atoms with Gasteiger partial charge in [-0.2, -0.15) is 13.2 Å². The van der Waals surface area contributed by atoms with Crippen LogP contribution in [0.2, 0.25) is 0 Å². The Morgan fingerprint density at radius 3 is 2.33 bits per heavy atom. The zero-order chi connectivity index (χ0) is 20.9. The summed E-state index contributed by atoms with van der Waals surface area (Å²) in [7, 11) is 0. The normalized spacial score (nSPS) is 23.6. The number of hydrogen-bond acceptors (Lipinski definition) is 3. The van der Waals surface area contributed by atoms with Crippen LogP contribution in [-0.2, 0) is 6.18 Å². The van der Waals surface area contributed by atoms with Crippen LogP contribution in [0.15, 0.2) is 43.1 Å². The lowest BCUT2D eigenvalue weighted by Gasteiger charge is -2.33. The Morgan fingerprint density at radius 1 is 0.967 bits per heavy atom. The zero-order valence-electron chi connectivity index (χ0n) is 16.5. The Kier molecular flexibility index (Phi) is 4.81. The molecule has 0 spiro atoms. The number of hydrogen-bond donors (Lipinski definition) is 1. The molecule has 30 heavy (non-hydrogen) atoms. The highest BCUT2D eigenvalue weighted by Gasteiger charge is 2.35. The summed E-state index contributed by atoms with van der Waals surface area (Å²) < 4.78 is 40.2. The monoisotopic (exact) mass is 415 g/mol. The average Bonchev–Trinajstić information content (AvgIpc) is 3.48. The van der Waals surface area contributed by atoms with Gasteiger partial charge in [-0.25, -0.2) is 4.98 Å². The molecular weight excluding hydrogens is 391 g/mol. The number of aliphatic hydroxyl groups excluding tert-OH is 1. The summed E-state index contributed by atoms with van der Waals surface area (Å²) in [5.74, 6) is 0.864. The quantitative estimate of drug-likeness (QED) is 0.601. The molecule has 158 valence electrons. The first-order valence-electron chi connectivity index (χ1n) is 10.6. The van der Waals surface area contributed by atoms with Crippen LogP contribution in [0.5, 0.6) is 0 Å². The van der Waals surface area contributed by atoms with E-state index in [0.717, 1.165) is 61.2 Å². The maximum Gasteiger partial charge on any atom is 0.433 e. The number of imidazole rings is 1. The van der Waals surface area contributed by atoms with Crippen molar-refractivity contribution in [2.45, 2.75) is 62.6 Å². The minimum atomic E-state index is -4.41. The van der Waals surface area contributed by atoms with Crippen molar-refractivity contribution in [3.05, 3.63) is 65.5 Å². The summed E-state index contributed by atoms with van der Waals surface area (Å²) in [6.45, 7) is 0. The molecule has 0 amide bonds. The first-order chi connectivity index (χ1) is 14.4. The Balaban J connectivity index is 1.32. The molecule has 0 aromatic carbocycles. The van der Waals surface area contributed by atoms with Crippen LogP contribution in [0.3, 0.4) is 0 Å². The minimum absolute atomic E-state index is 0.141. The van der Waals surface area contributed by atoms with Gasteiger partial charge >= 0.3 is 6.18 Å². The SMILES string of the molecule is O[C@H](c1c(C2CC2)ccn2cncc12)[C@H]1CC[C@H](c2ccc(C(F)(F)F)nc2)CC1. The van der Waals surface area contributed by atoms with E-state index >= 15 is 0 Å². The van der Waals surface area contributed by atoms with E-state index in [0.29, 0.717) is 5.92 Å². The van der Waals surface area contributed by atoms with E-state index in [-0.39, 0.29) is 11.8 Å². The van der Waals surface area contributed by atoms with Gasteiger partial charge in [-0.3, -0.25) is 4.98 Å². The maximum atomic E-state index is 12.7. The van der Waals surface area contributed by atoms with E-state index in [1.54, 1.807) is 12.4 Å². The van der Waals surface area contributed by atoms with E-state index in [2.05, 4.69) is 16.0 Å². The fourth-order valence-electron chi connectivity index (χ4n) is 4.92. The molecule has 0 radical (unpaired) electrons. The van der Waals surface area contributed by atoms with Gasteiger partial charge in [0.05, 0.1) is 24.1 Å². The third-order valence-corrected chi connectivity index (χ3v) is 6.75. The van der Waals surface area contributed by atoms with Gasteiger partial charge in [0.2, 0.25) is 0 Å². The number of aromatic nitrogens is 3. The third kappa shape index (κ3) is 3.60. The number of alkyl halides is 3. The number of pyridine rings is 2. The van der Waals surface area contributed by atoms with Crippen molar-refractivity contribution in [3.63, 3.8) is 0 Å². The first kappa shape index (κ1) is 19.5. The molecule has 0 saturated heterocycles. The van der Waals surface area contributed by atoms with E-state index < -0.39 is 18.0 Å². The second-order valence-corrected chi connectivity index (χ2v) is 8.68. The molecule has 0 bridgehead atoms. The van der Waals surface area contributed by atoms with E-state index in [1.165, 1.54) is 11.8 Å². The Morgan fingerprint density at radius 2 is 1.70 bits per heavy atom. The van der Waals surface area contributed by atoms with Gasteiger partial charge in [0.15, 0.2) is 0 Å². The molecule has 2 aliphatic carbocycles. The zero-order valence-corrected chi connectivity index (χ0v) is 16.5. The Hall–Kier alpha value is -2.41. The predicted molar refractivity (Wildman–Crippen MR) is 106 cm³/mol. The summed E-state index contributed by atoms with van der Waals surface area (Å²) in [5.41, 5.74) is 3.23. The highest BCUT2D eigenvalue weighted by molar-refractivity contribution is 5.59. The van der Waals surface area contributed by atoms with Crippen LogP contribution in [0.4, 0.5) is 13.2 Å². The highest BCUT2D eigenvalue weighted by atomic mass is 19.4. The van der Waals surface area contributed by atoms with Crippen LogP contribution in [-0.4, -0.2) is 19.5 Å². The second-order valence-electron chi connectivity index (χ2n) is 8.68. The number of nitrogens with zero attached hydrogens (tertiary/aromatic N) is 3. The van der Waals surface area contributed by atoms with E-state index in [9.17, 15) is 18.3 Å². The standard InChI is InChI=1S/C23H24F3N3O/c24-23(25,26)20-8-7-17(11-28-20)14-1-5-16(6-2-14)22(30)21-18(15-3-4-15)9-10-29-13-27-12-19(21)29/h7-16,22,30H,1-6H2/t14-,16-,22-/m0/s1. The number of halogens is 3. The molecule has 5 rings (SSSR count). The van der Waals surface area contributed by atoms with Crippen molar-refractivity contribution in [1.82, 2.24) is 14.4 Å². The van der Waals surface area contributed by atoms with Gasteiger partial charge < -0.3 is 9.51 Å². The summed E-state index contributed by atoms with van der Waals surface area (Å²) in [6, 6.07) is 4.73. The molecule has 2 aliphatic rings. The number of fused-ring (bicyclic) bond motifs is 1. The smallest absolute Gasteiger partial charge is 0.388 e. The van der Waals surface area contributed by atoms with Crippen molar-refractivity contribution in [2.24, 2.45) is 5.92 Å². The molecule has 2 saturated carbocycles. The van der Waals surface area contributed by atoms with Crippen molar-refractivity contribution in [1.29, 1.82) is 0 Å². The summed E-state index contributed by atoms with van der Waals surface area (Å²) >= 11 is 0. The van der Waals surface area contributed by atoms with E-state index in [1.807, 2.05) is 16.8 Å². The molecule has 2 fully saturated rings. The van der Waals surface area contributed by atoms with Crippen LogP contribution in [0, 0.1) is 5.92 Å². The van der Waals surface area contributed by atoms with Crippen LogP contribution in [0.25, 0.3) is 5.52 Å². The molecule has 3 aromatic heterocycles. The number of rotatable bonds is 4. The molecular formula is C23H24F3N3O. The molecule has 3 aromatic rings. The maximum absolute atomic E-state index is 12.7. The van der Waals surface area contributed by atoms with Gasteiger partial charge in [0.25, 0.3) is 0 Å². The lowest BCUT2D eigenvalue weighted by molar-refractivity contribution is -0.141. The largest absolute Gasteiger partial charge is 0.433 e. The van der Waals surface area contributed by atoms with E-state index in [4.69, 9.17) is 0 Å². The molecule has 0 aliphatic heterocycles. The van der Waals surface area contributed by atoms with Gasteiger partial charge in [-0.1, -0.05) is 6.07 Å². The Labute approximate surface area is 172 Å². The molecule has 7 heteroatoms. The van der Waals surface area contributed by atoms with Crippen LogP contribution < -0.4 is 0 Å². The summed E-state index contributed by atoms with van der Waals surface area (Å²) in [4.78, 5) is 7.86. The van der Waals surface area contributed by atoms with Gasteiger partial charge in [-0.15, -0.1) is 0 Å². The predicted octanol–water partition coefficient (Wildman–Crippen LogP) is 5.63.